The number of carbonyl (C=O) groups is 3. The highest BCUT2D eigenvalue weighted by Gasteiger charge is 2.26. The summed E-state index contributed by atoms with van der Waals surface area (Å²) in [7, 11) is -4.44. The van der Waals surface area contributed by atoms with Crippen molar-refractivity contribution in [2.24, 2.45) is 5.73 Å². The molecule has 11 heteroatoms. The van der Waals surface area contributed by atoms with Crippen molar-refractivity contribution >= 4 is 33.7 Å². The zero-order valence-electron chi connectivity index (χ0n) is 19.1. The Morgan fingerprint density at radius 3 is 1.83 bits per heavy atom. The molecule has 6 N–H and O–H groups in total. The van der Waals surface area contributed by atoms with E-state index in [0.717, 1.165) is 5.56 Å². The summed E-state index contributed by atoms with van der Waals surface area (Å²) in [6.07, 6.45) is 0.213. The molecule has 0 bridgehead atoms. The lowest BCUT2D eigenvalue weighted by Crippen LogP contribution is -2.54. The fourth-order valence-corrected chi connectivity index (χ4v) is 3.91. The minimum absolute atomic E-state index is 0.0351. The van der Waals surface area contributed by atoms with Crippen LogP contribution < -0.4 is 21.1 Å². The van der Waals surface area contributed by atoms with Gasteiger partial charge in [-0.15, -0.1) is 0 Å². The molecule has 0 spiro atoms. The SMILES string of the molecule is NC(=O)[C@H](Cc1ccccc1)NC(=O)C(Cc1ccc(NS(=O)(=O)O)cc1)NC(=O)c1ccccc1. The van der Waals surface area contributed by atoms with E-state index in [1.165, 1.54) is 24.3 Å². The number of amides is 3. The van der Waals surface area contributed by atoms with Gasteiger partial charge in [0.05, 0.1) is 5.69 Å². The van der Waals surface area contributed by atoms with Gasteiger partial charge in [-0.2, -0.15) is 8.42 Å². The van der Waals surface area contributed by atoms with E-state index in [-0.39, 0.29) is 18.5 Å². The Morgan fingerprint density at radius 1 is 0.750 bits per heavy atom. The predicted octanol–water partition coefficient (Wildman–Crippen LogP) is 1.46. The third-order valence-electron chi connectivity index (χ3n) is 5.24. The maximum Gasteiger partial charge on any atom is 0.357 e. The number of nitrogens with one attached hydrogen (secondary N) is 3. The highest BCUT2D eigenvalue weighted by Crippen LogP contribution is 2.13. The molecule has 2 atom stereocenters. The molecule has 0 aliphatic carbocycles. The number of hydrogen-bond acceptors (Lipinski definition) is 5. The molecule has 1 unspecified atom stereocenters. The van der Waals surface area contributed by atoms with Crippen LogP contribution in [0.2, 0.25) is 0 Å². The molecule has 3 aromatic rings. The summed E-state index contributed by atoms with van der Waals surface area (Å²) in [6, 6.07) is 21.2. The molecule has 3 amide bonds. The molecule has 10 nitrogen and oxygen atoms in total. The molecule has 0 saturated heterocycles. The molecular weight excluding hydrogens is 484 g/mol. The first-order chi connectivity index (χ1) is 17.1. The Hall–Kier alpha value is -4.22. The van der Waals surface area contributed by atoms with Gasteiger partial charge in [-0.3, -0.25) is 23.7 Å². The fraction of sp³-hybridized carbons (Fsp3) is 0.160. The number of anilines is 1. The standard InChI is InChI=1S/C25H26N4O6S/c26-23(30)21(15-17-7-3-1-4-8-17)27-25(32)22(28-24(31)19-9-5-2-6-10-19)16-18-11-13-20(14-12-18)29-36(33,34)35/h1-14,21-22,29H,15-16H2,(H2,26,30)(H,27,32)(H,28,31)(H,33,34,35)/t21-,22?/m0/s1. The van der Waals surface area contributed by atoms with Crippen LogP contribution in [0.5, 0.6) is 0 Å². The lowest BCUT2D eigenvalue weighted by atomic mass is 10.0. The van der Waals surface area contributed by atoms with Gasteiger partial charge in [0.25, 0.3) is 5.91 Å². The van der Waals surface area contributed by atoms with Gasteiger partial charge in [-0.1, -0.05) is 60.7 Å². The third-order valence-corrected chi connectivity index (χ3v) is 5.73. The Balaban J connectivity index is 1.79. The minimum atomic E-state index is -4.44. The first kappa shape index (κ1) is 26.4. The van der Waals surface area contributed by atoms with Gasteiger partial charge in [0.15, 0.2) is 0 Å². The zero-order valence-corrected chi connectivity index (χ0v) is 19.9. The maximum absolute atomic E-state index is 13.2. The molecule has 0 radical (unpaired) electrons. The summed E-state index contributed by atoms with van der Waals surface area (Å²) in [4.78, 5) is 38.1. The Bertz CT molecular complexity index is 1300. The van der Waals surface area contributed by atoms with E-state index in [9.17, 15) is 22.8 Å². The van der Waals surface area contributed by atoms with Crippen molar-refractivity contribution in [1.82, 2.24) is 10.6 Å². The quantitative estimate of drug-likeness (QED) is 0.245. The largest absolute Gasteiger partial charge is 0.368 e. The van der Waals surface area contributed by atoms with Gasteiger partial charge in [-0.05, 0) is 35.4 Å². The molecule has 0 heterocycles. The van der Waals surface area contributed by atoms with Crippen molar-refractivity contribution < 1.29 is 27.4 Å². The van der Waals surface area contributed by atoms with Crippen LogP contribution in [-0.4, -0.2) is 42.8 Å². The van der Waals surface area contributed by atoms with Crippen LogP contribution in [-0.2, 0) is 32.7 Å². The van der Waals surface area contributed by atoms with E-state index in [0.29, 0.717) is 11.1 Å². The number of nitrogens with two attached hydrogens (primary N) is 1. The highest BCUT2D eigenvalue weighted by atomic mass is 32.2. The van der Waals surface area contributed by atoms with Crippen LogP contribution in [0, 0.1) is 0 Å². The van der Waals surface area contributed by atoms with E-state index in [1.807, 2.05) is 10.8 Å². The van der Waals surface area contributed by atoms with Crippen LogP contribution >= 0.6 is 0 Å². The lowest BCUT2D eigenvalue weighted by Gasteiger charge is -2.22. The van der Waals surface area contributed by atoms with E-state index in [1.54, 1.807) is 54.6 Å². The average Bonchev–Trinajstić information content (AvgIpc) is 2.84. The predicted molar refractivity (Wildman–Crippen MR) is 134 cm³/mol. The number of primary amides is 1. The molecule has 3 rings (SSSR count). The van der Waals surface area contributed by atoms with Gasteiger partial charge in [0.1, 0.15) is 12.1 Å². The van der Waals surface area contributed by atoms with Crippen molar-refractivity contribution in [3.63, 3.8) is 0 Å². The van der Waals surface area contributed by atoms with Crippen molar-refractivity contribution in [2.75, 3.05) is 4.72 Å². The molecule has 0 saturated carbocycles. The van der Waals surface area contributed by atoms with Gasteiger partial charge >= 0.3 is 10.3 Å². The third kappa shape index (κ3) is 8.22. The number of benzene rings is 3. The van der Waals surface area contributed by atoms with Gasteiger partial charge in [0.2, 0.25) is 11.8 Å². The topological polar surface area (TPSA) is 168 Å². The maximum atomic E-state index is 13.2. The van der Waals surface area contributed by atoms with E-state index in [2.05, 4.69) is 10.6 Å². The summed E-state index contributed by atoms with van der Waals surface area (Å²) < 4.78 is 32.9. The van der Waals surface area contributed by atoms with Gasteiger partial charge in [-0.25, -0.2) is 0 Å². The van der Waals surface area contributed by atoms with Crippen molar-refractivity contribution in [3.8, 4) is 0 Å². The summed E-state index contributed by atoms with van der Waals surface area (Å²) in [5, 5.41) is 5.32. The molecule has 0 fully saturated rings. The van der Waals surface area contributed by atoms with E-state index < -0.39 is 40.1 Å². The Labute approximate surface area is 208 Å². The first-order valence-electron chi connectivity index (χ1n) is 10.9. The number of rotatable bonds is 11. The van der Waals surface area contributed by atoms with Crippen LogP contribution in [0.25, 0.3) is 0 Å². The van der Waals surface area contributed by atoms with Crippen molar-refractivity contribution in [3.05, 3.63) is 102 Å². The van der Waals surface area contributed by atoms with E-state index in [4.69, 9.17) is 10.3 Å². The summed E-state index contributed by atoms with van der Waals surface area (Å²) in [6.45, 7) is 0. The number of carbonyl (C=O) groups excluding carboxylic acids is 3. The molecule has 0 aliphatic heterocycles. The second kappa shape index (κ2) is 12.0. The molecule has 0 aromatic heterocycles. The average molecular weight is 511 g/mol. The smallest absolute Gasteiger partial charge is 0.357 e. The van der Waals surface area contributed by atoms with Crippen LogP contribution in [0.4, 0.5) is 5.69 Å². The normalized spacial score (nSPS) is 12.7. The minimum Gasteiger partial charge on any atom is -0.368 e. The van der Waals surface area contributed by atoms with Gasteiger partial charge in [0, 0.05) is 18.4 Å². The van der Waals surface area contributed by atoms with Crippen LogP contribution in [0.15, 0.2) is 84.9 Å². The Kier molecular flexibility index (Phi) is 8.76. The molecule has 0 aliphatic rings. The van der Waals surface area contributed by atoms with Crippen LogP contribution in [0.3, 0.4) is 0 Å². The van der Waals surface area contributed by atoms with Gasteiger partial charge < -0.3 is 16.4 Å². The van der Waals surface area contributed by atoms with E-state index >= 15 is 0 Å². The monoisotopic (exact) mass is 510 g/mol. The van der Waals surface area contributed by atoms with Crippen LogP contribution in [0.1, 0.15) is 21.5 Å². The molecular formula is C25H26N4O6S. The summed E-state index contributed by atoms with van der Waals surface area (Å²) in [5.41, 5.74) is 7.38. The van der Waals surface area contributed by atoms with Crippen molar-refractivity contribution in [1.29, 1.82) is 0 Å². The second-order valence-electron chi connectivity index (χ2n) is 8.02. The first-order valence-corrected chi connectivity index (χ1v) is 12.4. The Morgan fingerprint density at radius 2 is 1.28 bits per heavy atom. The highest BCUT2D eigenvalue weighted by molar-refractivity contribution is 7.87. The zero-order chi connectivity index (χ0) is 26.1. The summed E-state index contributed by atoms with van der Waals surface area (Å²) >= 11 is 0. The second-order valence-corrected chi connectivity index (χ2v) is 9.18. The number of hydrogen-bond donors (Lipinski definition) is 5. The molecule has 3 aromatic carbocycles. The molecule has 36 heavy (non-hydrogen) atoms. The molecule has 188 valence electrons. The summed E-state index contributed by atoms with van der Waals surface area (Å²) in [5.74, 6) is -1.82. The van der Waals surface area contributed by atoms with Crippen molar-refractivity contribution in [2.45, 2.75) is 24.9 Å². The lowest BCUT2D eigenvalue weighted by molar-refractivity contribution is -0.128. The fourth-order valence-electron chi connectivity index (χ4n) is 3.48.